The molecule has 3 aromatic rings. The van der Waals surface area contributed by atoms with Crippen LogP contribution in [0, 0.1) is 12.7 Å². The number of benzene rings is 1. The van der Waals surface area contributed by atoms with Crippen LogP contribution in [-0.4, -0.2) is 20.5 Å². The van der Waals surface area contributed by atoms with Gasteiger partial charge in [0.1, 0.15) is 16.5 Å². The molecule has 0 bridgehead atoms. The van der Waals surface area contributed by atoms with Gasteiger partial charge in [-0.25, -0.2) is 4.39 Å². The van der Waals surface area contributed by atoms with Crippen molar-refractivity contribution < 1.29 is 9.18 Å². The van der Waals surface area contributed by atoms with E-state index in [0.717, 1.165) is 11.5 Å². The molecule has 1 aromatic carbocycles. The first-order valence-electron chi connectivity index (χ1n) is 6.88. The molecule has 0 spiro atoms. The van der Waals surface area contributed by atoms with Crippen LogP contribution in [0.3, 0.4) is 0 Å². The lowest BCUT2D eigenvalue weighted by molar-refractivity contribution is 0.102. The first-order chi connectivity index (χ1) is 10.5. The minimum atomic E-state index is -0.337. The van der Waals surface area contributed by atoms with Crippen molar-refractivity contribution in [2.75, 3.05) is 5.32 Å². The van der Waals surface area contributed by atoms with Gasteiger partial charge in [-0.2, -0.15) is 0 Å². The lowest BCUT2D eigenvalue weighted by Crippen LogP contribution is -2.12. The second-order valence-electron chi connectivity index (χ2n) is 5.31. The number of nitrogens with one attached hydrogen (secondary N) is 1. The molecule has 0 saturated heterocycles. The molecule has 5 nitrogen and oxygen atoms in total. The molecule has 1 amide bonds. The van der Waals surface area contributed by atoms with Crippen molar-refractivity contribution in [3.05, 3.63) is 46.5 Å². The number of hydrogen-bond donors (Lipinski definition) is 1. The van der Waals surface area contributed by atoms with E-state index in [1.54, 1.807) is 0 Å². The number of aromatic nitrogens is 3. The highest BCUT2D eigenvalue weighted by Crippen LogP contribution is 2.26. The van der Waals surface area contributed by atoms with E-state index in [1.807, 2.05) is 25.2 Å². The number of carbonyl (C=O) groups is 1. The van der Waals surface area contributed by atoms with Gasteiger partial charge >= 0.3 is 0 Å². The normalized spacial score (nSPS) is 11.3. The molecule has 1 N–H and O–H groups in total. The Labute approximate surface area is 130 Å². The molecule has 22 heavy (non-hydrogen) atoms. The SMILES string of the molecule is Cc1c(C(=O)Nc2ccc(F)cc2)sc2nnc(C(C)C)n12. The maximum atomic E-state index is 12.9. The van der Waals surface area contributed by atoms with Crippen molar-refractivity contribution in [2.45, 2.75) is 26.7 Å². The molecule has 114 valence electrons. The molecule has 0 aliphatic rings. The third-order valence-corrected chi connectivity index (χ3v) is 4.47. The third kappa shape index (κ3) is 2.48. The van der Waals surface area contributed by atoms with Crippen LogP contribution < -0.4 is 5.32 Å². The number of nitrogens with zero attached hydrogens (tertiary/aromatic N) is 3. The number of fused-ring (bicyclic) bond motifs is 1. The van der Waals surface area contributed by atoms with E-state index >= 15 is 0 Å². The van der Waals surface area contributed by atoms with Gasteiger partial charge in [-0.05, 0) is 31.2 Å². The number of hydrogen-bond acceptors (Lipinski definition) is 4. The lowest BCUT2D eigenvalue weighted by Gasteiger charge is -2.05. The number of thiazole rings is 1. The van der Waals surface area contributed by atoms with Crippen molar-refractivity contribution in [1.82, 2.24) is 14.6 Å². The first kappa shape index (κ1) is 14.6. The van der Waals surface area contributed by atoms with Crippen LogP contribution >= 0.6 is 11.3 Å². The molecule has 7 heteroatoms. The largest absolute Gasteiger partial charge is 0.321 e. The summed E-state index contributed by atoms with van der Waals surface area (Å²) in [5.41, 5.74) is 1.37. The highest BCUT2D eigenvalue weighted by Gasteiger charge is 2.21. The molecule has 0 saturated carbocycles. The van der Waals surface area contributed by atoms with Crippen LogP contribution in [-0.2, 0) is 0 Å². The van der Waals surface area contributed by atoms with Gasteiger partial charge in [0.25, 0.3) is 5.91 Å². The van der Waals surface area contributed by atoms with Crippen molar-refractivity contribution in [3.8, 4) is 0 Å². The van der Waals surface area contributed by atoms with Crippen LogP contribution in [0.4, 0.5) is 10.1 Å². The van der Waals surface area contributed by atoms with E-state index in [1.165, 1.54) is 35.6 Å². The van der Waals surface area contributed by atoms with Gasteiger partial charge in [-0.1, -0.05) is 25.2 Å². The maximum absolute atomic E-state index is 12.9. The molecule has 0 aliphatic heterocycles. The summed E-state index contributed by atoms with van der Waals surface area (Å²) in [7, 11) is 0. The summed E-state index contributed by atoms with van der Waals surface area (Å²) in [6, 6.07) is 5.68. The molecule has 0 unspecified atom stereocenters. The summed E-state index contributed by atoms with van der Waals surface area (Å²) in [5, 5.41) is 11.1. The van der Waals surface area contributed by atoms with Crippen LogP contribution in [0.1, 0.15) is 41.0 Å². The minimum Gasteiger partial charge on any atom is -0.321 e. The summed E-state index contributed by atoms with van der Waals surface area (Å²) in [6.07, 6.45) is 0. The highest BCUT2D eigenvalue weighted by atomic mass is 32.1. The van der Waals surface area contributed by atoms with E-state index in [0.29, 0.717) is 15.5 Å². The number of rotatable bonds is 3. The van der Waals surface area contributed by atoms with Crippen LogP contribution in [0.25, 0.3) is 4.96 Å². The zero-order valence-electron chi connectivity index (χ0n) is 12.4. The van der Waals surface area contributed by atoms with Gasteiger partial charge in [-0.3, -0.25) is 9.20 Å². The fraction of sp³-hybridized carbons (Fsp3) is 0.267. The van der Waals surface area contributed by atoms with E-state index in [-0.39, 0.29) is 17.6 Å². The molecule has 2 heterocycles. The average Bonchev–Trinajstić information content (AvgIpc) is 3.02. The summed E-state index contributed by atoms with van der Waals surface area (Å²) < 4.78 is 14.8. The van der Waals surface area contributed by atoms with E-state index in [2.05, 4.69) is 15.5 Å². The Hall–Kier alpha value is -2.28. The van der Waals surface area contributed by atoms with E-state index in [4.69, 9.17) is 0 Å². The Morgan fingerprint density at radius 1 is 1.27 bits per heavy atom. The molecule has 0 fully saturated rings. The predicted molar refractivity (Wildman–Crippen MR) is 84.0 cm³/mol. The molecule has 3 rings (SSSR count). The van der Waals surface area contributed by atoms with Crippen molar-refractivity contribution in [1.29, 1.82) is 0 Å². The van der Waals surface area contributed by atoms with Crippen molar-refractivity contribution >= 4 is 27.9 Å². The van der Waals surface area contributed by atoms with E-state index in [9.17, 15) is 9.18 Å². The summed E-state index contributed by atoms with van der Waals surface area (Å²) in [5.74, 6) is 0.492. The Kier molecular flexibility index (Phi) is 3.66. The molecule has 0 atom stereocenters. The maximum Gasteiger partial charge on any atom is 0.267 e. The second kappa shape index (κ2) is 5.49. The lowest BCUT2D eigenvalue weighted by atomic mass is 10.2. The van der Waals surface area contributed by atoms with Gasteiger partial charge in [0.2, 0.25) is 4.96 Å². The Balaban J connectivity index is 1.94. The zero-order valence-corrected chi connectivity index (χ0v) is 13.2. The summed E-state index contributed by atoms with van der Waals surface area (Å²) >= 11 is 1.30. The number of amides is 1. The molecule has 2 aromatic heterocycles. The minimum absolute atomic E-state index is 0.219. The van der Waals surface area contributed by atoms with Crippen LogP contribution in [0.5, 0.6) is 0 Å². The second-order valence-corrected chi connectivity index (χ2v) is 6.29. The zero-order chi connectivity index (χ0) is 15.9. The number of carbonyl (C=O) groups excluding carboxylic acids is 1. The standard InChI is InChI=1S/C15H15FN4OS/c1-8(2)13-18-19-15-20(13)9(3)12(22-15)14(21)17-11-6-4-10(16)5-7-11/h4-8H,1-3H3,(H,17,21). The number of halogens is 1. The molecule has 0 aliphatic carbocycles. The molecular formula is C15H15FN4OS. The van der Waals surface area contributed by atoms with E-state index < -0.39 is 0 Å². The number of aryl methyl sites for hydroxylation is 1. The molecule has 0 radical (unpaired) electrons. The summed E-state index contributed by atoms with van der Waals surface area (Å²) in [4.78, 5) is 13.7. The average molecular weight is 318 g/mol. The number of anilines is 1. The topological polar surface area (TPSA) is 59.3 Å². The highest BCUT2D eigenvalue weighted by molar-refractivity contribution is 7.19. The predicted octanol–water partition coefficient (Wildman–Crippen LogP) is 3.61. The van der Waals surface area contributed by atoms with Crippen LogP contribution in [0.2, 0.25) is 0 Å². The fourth-order valence-corrected chi connectivity index (χ4v) is 3.20. The summed E-state index contributed by atoms with van der Waals surface area (Å²) in [6.45, 7) is 5.94. The van der Waals surface area contributed by atoms with Crippen molar-refractivity contribution in [3.63, 3.8) is 0 Å². The first-order valence-corrected chi connectivity index (χ1v) is 7.70. The van der Waals surface area contributed by atoms with Gasteiger partial charge in [0, 0.05) is 17.3 Å². The Morgan fingerprint density at radius 3 is 2.59 bits per heavy atom. The van der Waals surface area contributed by atoms with Gasteiger partial charge < -0.3 is 5.32 Å². The van der Waals surface area contributed by atoms with Gasteiger partial charge in [0.05, 0.1) is 0 Å². The molecular weight excluding hydrogens is 303 g/mol. The Morgan fingerprint density at radius 2 is 1.95 bits per heavy atom. The fourth-order valence-electron chi connectivity index (χ4n) is 2.23. The van der Waals surface area contributed by atoms with Crippen LogP contribution in [0.15, 0.2) is 24.3 Å². The monoisotopic (exact) mass is 318 g/mol. The third-order valence-electron chi connectivity index (χ3n) is 3.34. The van der Waals surface area contributed by atoms with Gasteiger partial charge in [-0.15, -0.1) is 10.2 Å². The Bertz CT molecular complexity index is 835. The van der Waals surface area contributed by atoms with Crippen molar-refractivity contribution in [2.24, 2.45) is 0 Å². The quantitative estimate of drug-likeness (QED) is 0.802. The van der Waals surface area contributed by atoms with Gasteiger partial charge in [0.15, 0.2) is 0 Å². The smallest absolute Gasteiger partial charge is 0.267 e.